The van der Waals surface area contributed by atoms with Crippen LogP contribution in [0.2, 0.25) is 0 Å². The van der Waals surface area contributed by atoms with Gasteiger partial charge in [0.05, 0.1) is 12.2 Å². The number of rotatable bonds is 7. The molecule has 0 bridgehead atoms. The van der Waals surface area contributed by atoms with E-state index in [1.807, 2.05) is 0 Å². The zero-order valence-corrected chi connectivity index (χ0v) is 14.5. The summed E-state index contributed by atoms with van der Waals surface area (Å²) in [6.07, 6.45) is 3.34. The van der Waals surface area contributed by atoms with Gasteiger partial charge in [0.25, 0.3) is 0 Å². The summed E-state index contributed by atoms with van der Waals surface area (Å²) < 4.78 is 6.19. The smallest absolute Gasteiger partial charge is 0.0707 e. The Morgan fingerprint density at radius 1 is 0.952 bits per heavy atom. The standard InChI is InChI=1S/C17H35N3O/c1-14(2)12-19-7-9-20(10-8-19)13-17-6-5-16(21-17)11-18-15(3)4/h14-18H,5-13H2,1-4H3. The summed E-state index contributed by atoms with van der Waals surface area (Å²) in [5.41, 5.74) is 0. The molecule has 0 aromatic rings. The number of nitrogens with zero attached hydrogens (tertiary/aromatic N) is 2. The molecule has 124 valence electrons. The Morgan fingerprint density at radius 2 is 1.57 bits per heavy atom. The van der Waals surface area contributed by atoms with Crippen LogP contribution in [0.3, 0.4) is 0 Å². The Kier molecular flexibility index (Phi) is 6.93. The molecule has 21 heavy (non-hydrogen) atoms. The average Bonchev–Trinajstić information content (AvgIpc) is 2.86. The second kappa shape index (κ2) is 8.47. The molecule has 2 rings (SSSR count). The predicted octanol–water partition coefficient (Wildman–Crippen LogP) is 1.81. The highest BCUT2D eigenvalue weighted by molar-refractivity contribution is 4.81. The number of nitrogens with one attached hydrogen (secondary N) is 1. The van der Waals surface area contributed by atoms with Crippen LogP contribution in [-0.2, 0) is 4.74 Å². The van der Waals surface area contributed by atoms with Crippen LogP contribution < -0.4 is 5.32 Å². The van der Waals surface area contributed by atoms with Gasteiger partial charge < -0.3 is 15.0 Å². The van der Waals surface area contributed by atoms with Crippen LogP contribution in [-0.4, -0.2) is 73.9 Å². The maximum absolute atomic E-state index is 6.19. The highest BCUT2D eigenvalue weighted by Gasteiger charge is 2.28. The van der Waals surface area contributed by atoms with E-state index in [9.17, 15) is 0 Å². The van der Waals surface area contributed by atoms with Crippen LogP contribution in [0.15, 0.2) is 0 Å². The summed E-state index contributed by atoms with van der Waals surface area (Å²) >= 11 is 0. The van der Waals surface area contributed by atoms with Gasteiger partial charge in [-0.05, 0) is 18.8 Å². The van der Waals surface area contributed by atoms with E-state index >= 15 is 0 Å². The van der Waals surface area contributed by atoms with E-state index in [2.05, 4.69) is 42.8 Å². The topological polar surface area (TPSA) is 27.7 Å². The summed E-state index contributed by atoms with van der Waals surface area (Å²) in [6, 6.07) is 0.557. The molecule has 2 heterocycles. The lowest BCUT2D eigenvalue weighted by Crippen LogP contribution is -2.49. The predicted molar refractivity (Wildman–Crippen MR) is 88.8 cm³/mol. The van der Waals surface area contributed by atoms with Crippen molar-refractivity contribution >= 4 is 0 Å². The second-order valence-electron chi connectivity index (χ2n) is 7.52. The minimum Gasteiger partial charge on any atom is -0.372 e. The fraction of sp³-hybridized carbons (Fsp3) is 1.00. The molecule has 2 fully saturated rings. The lowest BCUT2D eigenvalue weighted by Gasteiger charge is -2.36. The molecular weight excluding hydrogens is 262 g/mol. The molecule has 0 saturated carbocycles. The molecule has 0 spiro atoms. The molecule has 0 aliphatic carbocycles. The fourth-order valence-electron chi connectivity index (χ4n) is 3.39. The van der Waals surface area contributed by atoms with Crippen molar-refractivity contribution in [2.75, 3.05) is 45.8 Å². The van der Waals surface area contributed by atoms with Crippen LogP contribution in [0.5, 0.6) is 0 Å². The fourth-order valence-corrected chi connectivity index (χ4v) is 3.39. The lowest BCUT2D eigenvalue weighted by molar-refractivity contribution is 0.0112. The van der Waals surface area contributed by atoms with Crippen LogP contribution in [0, 0.1) is 5.92 Å². The van der Waals surface area contributed by atoms with E-state index in [0.717, 1.165) is 19.0 Å². The molecule has 2 unspecified atom stereocenters. The molecule has 0 amide bonds. The van der Waals surface area contributed by atoms with Crippen molar-refractivity contribution in [2.24, 2.45) is 5.92 Å². The largest absolute Gasteiger partial charge is 0.372 e. The summed E-state index contributed by atoms with van der Waals surface area (Å²) in [6.45, 7) is 17.3. The van der Waals surface area contributed by atoms with Crippen LogP contribution in [0.1, 0.15) is 40.5 Å². The van der Waals surface area contributed by atoms with E-state index in [-0.39, 0.29) is 0 Å². The molecule has 0 aromatic heterocycles. The Balaban J connectivity index is 1.61. The Morgan fingerprint density at radius 3 is 2.19 bits per heavy atom. The van der Waals surface area contributed by atoms with Crippen LogP contribution in [0.4, 0.5) is 0 Å². The molecule has 4 heteroatoms. The first-order valence-corrected chi connectivity index (χ1v) is 8.86. The molecule has 2 saturated heterocycles. The first-order valence-electron chi connectivity index (χ1n) is 8.86. The van der Waals surface area contributed by atoms with E-state index < -0.39 is 0 Å². The molecule has 0 radical (unpaired) electrons. The van der Waals surface area contributed by atoms with E-state index in [1.54, 1.807) is 0 Å². The van der Waals surface area contributed by atoms with E-state index in [0.29, 0.717) is 18.2 Å². The summed E-state index contributed by atoms with van der Waals surface area (Å²) in [7, 11) is 0. The minimum absolute atomic E-state index is 0.430. The Bertz CT molecular complexity index is 288. The van der Waals surface area contributed by atoms with Gasteiger partial charge in [-0.2, -0.15) is 0 Å². The van der Waals surface area contributed by atoms with Gasteiger partial charge in [-0.15, -0.1) is 0 Å². The first kappa shape index (κ1) is 17.2. The number of piperazine rings is 1. The van der Waals surface area contributed by atoms with E-state index in [4.69, 9.17) is 4.74 Å². The van der Waals surface area contributed by atoms with Gasteiger partial charge in [0, 0.05) is 51.9 Å². The zero-order valence-electron chi connectivity index (χ0n) is 14.5. The van der Waals surface area contributed by atoms with Gasteiger partial charge in [0.15, 0.2) is 0 Å². The summed E-state index contributed by atoms with van der Waals surface area (Å²) in [5, 5.41) is 3.49. The summed E-state index contributed by atoms with van der Waals surface area (Å²) in [5.74, 6) is 0.781. The van der Waals surface area contributed by atoms with Crippen LogP contribution >= 0.6 is 0 Å². The zero-order chi connectivity index (χ0) is 15.2. The van der Waals surface area contributed by atoms with E-state index in [1.165, 1.54) is 45.6 Å². The van der Waals surface area contributed by atoms with Gasteiger partial charge in [0.1, 0.15) is 0 Å². The van der Waals surface area contributed by atoms with Gasteiger partial charge in [-0.3, -0.25) is 4.90 Å². The molecule has 2 atom stereocenters. The number of hydrogen-bond donors (Lipinski definition) is 1. The van der Waals surface area contributed by atoms with Crippen molar-refractivity contribution in [1.29, 1.82) is 0 Å². The van der Waals surface area contributed by atoms with Crippen molar-refractivity contribution in [1.82, 2.24) is 15.1 Å². The monoisotopic (exact) mass is 297 g/mol. The molecule has 0 aromatic carbocycles. The number of hydrogen-bond acceptors (Lipinski definition) is 4. The Hall–Kier alpha value is -0.160. The lowest BCUT2D eigenvalue weighted by atomic mass is 10.1. The quantitative estimate of drug-likeness (QED) is 0.775. The average molecular weight is 297 g/mol. The second-order valence-corrected chi connectivity index (χ2v) is 7.52. The van der Waals surface area contributed by atoms with Crippen molar-refractivity contribution in [2.45, 2.75) is 58.8 Å². The molecule has 2 aliphatic heterocycles. The third-order valence-electron chi connectivity index (χ3n) is 4.50. The molecule has 2 aliphatic rings. The van der Waals surface area contributed by atoms with Crippen LogP contribution in [0.25, 0.3) is 0 Å². The van der Waals surface area contributed by atoms with Crippen molar-refractivity contribution < 1.29 is 4.74 Å². The third-order valence-corrected chi connectivity index (χ3v) is 4.50. The van der Waals surface area contributed by atoms with Crippen molar-refractivity contribution in [3.63, 3.8) is 0 Å². The minimum atomic E-state index is 0.430. The van der Waals surface area contributed by atoms with Gasteiger partial charge in [-0.25, -0.2) is 0 Å². The molecule has 1 N–H and O–H groups in total. The highest BCUT2D eigenvalue weighted by Crippen LogP contribution is 2.20. The number of ether oxygens (including phenoxy) is 1. The molecular formula is C17H35N3O. The van der Waals surface area contributed by atoms with Crippen molar-refractivity contribution in [3.05, 3.63) is 0 Å². The molecule has 4 nitrogen and oxygen atoms in total. The first-order chi connectivity index (χ1) is 10.0. The summed E-state index contributed by atoms with van der Waals surface area (Å²) in [4.78, 5) is 5.20. The van der Waals surface area contributed by atoms with Gasteiger partial charge in [0.2, 0.25) is 0 Å². The van der Waals surface area contributed by atoms with Crippen molar-refractivity contribution in [3.8, 4) is 0 Å². The maximum Gasteiger partial charge on any atom is 0.0707 e. The van der Waals surface area contributed by atoms with Gasteiger partial charge in [-0.1, -0.05) is 27.7 Å². The highest BCUT2D eigenvalue weighted by atomic mass is 16.5. The SMILES string of the molecule is CC(C)CN1CCN(CC2CCC(CNC(C)C)O2)CC1. The Labute approximate surface area is 131 Å². The normalized spacial score (nSPS) is 28.9. The maximum atomic E-state index is 6.19. The van der Waals surface area contributed by atoms with Gasteiger partial charge >= 0.3 is 0 Å². The third kappa shape index (κ3) is 6.23.